The van der Waals surface area contributed by atoms with E-state index in [2.05, 4.69) is 0 Å². The van der Waals surface area contributed by atoms with Gasteiger partial charge in [0.2, 0.25) is 0 Å². The number of carbonyl (C=O) groups excluding carboxylic acids is 1. The zero-order valence-corrected chi connectivity index (χ0v) is 19.7. The lowest BCUT2D eigenvalue weighted by Crippen LogP contribution is -2.57. The van der Waals surface area contributed by atoms with Crippen LogP contribution in [0.5, 0.6) is 0 Å². The molecular weight excluding hydrogens is 482 g/mol. The van der Waals surface area contributed by atoms with E-state index in [1.54, 1.807) is 37.3 Å². The maximum atomic E-state index is 13.6. The van der Waals surface area contributed by atoms with Crippen LogP contribution in [0.4, 0.5) is 10.5 Å². The number of hydrogen-bond donors (Lipinski definition) is 1. The van der Waals surface area contributed by atoms with Crippen molar-refractivity contribution in [1.29, 1.82) is 0 Å². The van der Waals surface area contributed by atoms with E-state index >= 15 is 0 Å². The number of piperidine rings is 1. The summed E-state index contributed by atoms with van der Waals surface area (Å²) in [5.41, 5.74) is -0.0123. The van der Waals surface area contributed by atoms with Gasteiger partial charge in [0.25, 0.3) is 15.7 Å². The Morgan fingerprint density at radius 2 is 1.80 bits per heavy atom. The summed E-state index contributed by atoms with van der Waals surface area (Å²) in [6.45, 7) is 1.07. The fourth-order valence-corrected chi connectivity index (χ4v) is 5.43. The molecule has 12 nitrogen and oxygen atoms in total. The number of ether oxygens (including phenoxy) is 1. The number of hydroxylamine groups is 1. The summed E-state index contributed by atoms with van der Waals surface area (Å²) in [5, 5.41) is 21.2. The van der Waals surface area contributed by atoms with Crippen molar-refractivity contribution >= 4 is 27.8 Å². The zero-order valence-electron chi connectivity index (χ0n) is 18.8. The highest BCUT2D eigenvalue weighted by molar-refractivity contribution is 7.89. The number of nitrogens with zero attached hydrogens (tertiary/aromatic N) is 3. The molecule has 2 aromatic rings. The third-order valence-corrected chi connectivity index (χ3v) is 7.22. The molecule has 2 unspecified atom stereocenters. The van der Waals surface area contributed by atoms with Crippen LogP contribution in [0, 0.1) is 10.1 Å². The topological polar surface area (TPSA) is 157 Å². The molecule has 0 aromatic heterocycles. The van der Waals surface area contributed by atoms with Crippen molar-refractivity contribution in [3.05, 3.63) is 70.3 Å². The summed E-state index contributed by atoms with van der Waals surface area (Å²) in [7, 11) is -4.61. The van der Waals surface area contributed by atoms with Crippen LogP contribution in [-0.2, 0) is 31.0 Å². The van der Waals surface area contributed by atoms with E-state index in [4.69, 9.17) is 9.57 Å². The number of hydrogen-bond acceptors (Lipinski definition) is 8. The molecule has 2 aromatic carbocycles. The molecule has 2 atom stereocenters. The van der Waals surface area contributed by atoms with Crippen LogP contribution in [0.3, 0.4) is 0 Å². The van der Waals surface area contributed by atoms with E-state index in [-0.39, 0.29) is 26.1 Å². The number of carbonyl (C=O) groups is 2. The molecule has 1 fully saturated rings. The van der Waals surface area contributed by atoms with Crippen LogP contribution in [0.2, 0.25) is 0 Å². The van der Waals surface area contributed by atoms with Gasteiger partial charge in [-0.2, -0.15) is 0 Å². The number of rotatable bonds is 9. The molecule has 1 saturated heterocycles. The number of nitro benzene ring substituents is 1. The first-order chi connectivity index (χ1) is 16.7. The normalized spacial score (nSPS) is 18.3. The summed E-state index contributed by atoms with van der Waals surface area (Å²) in [6, 6.07) is 11.3. The highest BCUT2D eigenvalue weighted by atomic mass is 32.2. The van der Waals surface area contributed by atoms with Crippen molar-refractivity contribution in [2.24, 2.45) is 0 Å². The molecular formula is C22H25N3O9S. The summed E-state index contributed by atoms with van der Waals surface area (Å²) < 4.78 is 32.8. The molecule has 1 amide bonds. The Morgan fingerprint density at radius 3 is 2.43 bits per heavy atom. The van der Waals surface area contributed by atoms with Gasteiger partial charge in [0.05, 0.1) is 24.2 Å². The fourth-order valence-electron chi connectivity index (χ4n) is 3.83. The van der Waals surface area contributed by atoms with E-state index < -0.39 is 56.2 Å². The van der Waals surface area contributed by atoms with Gasteiger partial charge >= 0.3 is 12.1 Å². The minimum absolute atomic E-state index is 0.0204. The minimum Gasteiger partial charge on any atom is -0.465 e. The molecule has 1 aliphatic heterocycles. The van der Waals surface area contributed by atoms with Crippen molar-refractivity contribution in [2.45, 2.75) is 43.4 Å². The molecule has 0 saturated carbocycles. The van der Waals surface area contributed by atoms with Gasteiger partial charge in [-0.05, 0) is 31.4 Å². The monoisotopic (exact) mass is 507 g/mol. The van der Waals surface area contributed by atoms with Crippen molar-refractivity contribution in [1.82, 2.24) is 9.37 Å². The number of carboxylic acid groups (broad SMARTS) is 1. The lowest BCUT2D eigenvalue weighted by Gasteiger charge is -2.39. The van der Waals surface area contributed by atoms with Crippen molar-refractivity contribution in [3.63, 3.8) is 0 Å². The average Bonchev–Trinajstić information content (AvgIpc) is 2.84. The molecule has 1 heterocycles. The van der Waals surface area contributed by atoms with Crippen molar-refractivity contribution in [3.8, 4) is 0 Å². The largest absolute Gasteiger partial charge is 0.465 e. The highest BCUT2D eigenvalue weighted by Gasteiger charge is 2.44. The zero-order chi connectivity index (χ0) is 25.6. The summed E-state index contributed by atoms with van der Waals surface area (Å²) in [4.78, 5) is 40.8. The van der Waals surface area contributed by atoms with E-state index in [0.717, 1.165) is 17.0 Å². The van der Waals surface area contributed by atoms with Gasteiger partial charge in [0.15, 0.2) is 4.90 Å². The number of para-hydroxylation sites is 1. The molecule has 0 spiro atoms. The Morgan fingerprint density at radius 1 is 1.14 bits per heavy atom. The lowest BCUT2D eigenvalue weighted by atomic mass is 9.99. The second-order valence-electron chi connectivity index (χ2n) is 7.68. The van der Waals surface area contributed by atoms with Crippen LogP contribution in [0.1, 0.15) is 25.3 Å². The second kappa shape index (κ2) is 11.3. The van der Waals surface area contributed by atoms with Gasteiger partial charge in [-0.25, -0.2) is 18.0 Å². The summed E-state index contributed by atoms with van der Waals surface area (Å²) in [6.07, 6.45) is -1.39. The number of amides is 1. The van der Waals surface area contributed by atoms with E-state index in [1.807, 2.05) is 0 Å². The van der Waals surface area contributed by atoms with E-state index in [0.29, 0.717) is 10.0 Å². The van der Waals surface area contributed by atoms with Crippen LogP contribution in [-0.4, -0.2) is 65.1 Å². The van der Waals surface area contributed by atoms with Crippen molar-refractivity contribution in [2.75, 3.05) is 13.2 Å². The van der Waals surface area contributed by atoms with Crippen molar-refractivity contribution < 1.29 is 37.6 Å². The molecule has 1 aliphatic rings. The lowest BCUT2D eigenvalue weighted by molar-refractivity contribution is -0.388. The number of likely N-dealkylation sites (tertiary alicyclic amines) is 1. The molecule has 3 rings (SSSR count). The first kappa shape index (κ1) is 26.1. The van der Waals surface area contributed by atoms with Crippen LogP contribution in [0.15, 0.2) is 59.5 Å². The number of nitro groups is 1. The molecule has 13 heteroatoms. The Hall–Kier alpha value is -3.55. The molecule has 1 N–H and O–H groups in total. The molecule has 0 bridgehead atoms. The second-order valence-corrected chi connectivity index (χ2v) is 9.43. The van der Waals surface area contributed by atoms with Crippen LogP contribution in [0.25, 0.3) is 0 Å². The molecule has 0 aliphatic carbocycles. The Bertz CT molecular complexity index is 1170. The Balaban J connectivity index is 1.98. The SMILES string of the molecule is CCOC(=O)C1CCC(N(OCc2ccccc2)S(=O)(=O)c2ccccc2[N+](=O)[O-])CN1C(=O)O. The number of benzene rings is 2. The minimum atomic E-state index is -4.61. The first-order valence-electron chi connectivity index (χ1n) is 10.8. The third-order valence-electron chi connectivity index (χ3n) is 5.44. The maximum Gasteiger partial charge on any atom is 0.408 e. The van der Waals surface area contributed by atoms with Gasteiger partial charge in [-0.3, -0.25) is 19.9 Å². The maximum absolute atomic E-state index is 13.6. The molecule has 35 heavy (non-hydrogen) atoms. The van der Waals surface area contributed by atoms with Gasteiger partial charge in [0.1, 0.15) is 6.04 Å². The Labute approximate surface area is 201 Å². The predicted molar refractivity (Wildman–Crippen MR) is 122 cm³/mol. The fraction of sp³-hybridized carbons (Fsp3) is 0.364. The predicted octanol–water partition coefficient (Wildman–Crippen LogP) is 2.79. The molecule has 0 radical (unpaired) electrons. The number of sulfonamides is 1. The smallest absolute Gasteiger partial charge is 0.408 e. The quantitative estimate of drug-likeness (QED) is 0.306. The van der Waals surface area contributed by atoms with Gasteiger partial charge in [-0.1, -0.05) is 46.9 Å². The summed E-state index contributed by atoms with van der Waals surface area (Å²) >= 11 is 0. The third kappa shape index (κ3) is 5.93. The molecule has 188 valence electrons. The van der Waals surface area contributed by atoms with Gasteiger partial charge in [0, 0.05) is 12.6 Å². The first-order valence-corrected chi connectivity index (χ1v) is 12.2. The van der Waals surface area contributed by atoms with E-state index in [1.165, 1.54) is 12.1 Å². The Kier molecular flexibility index (Phi) is 8.38. The van der Waals surface area contributed by atoms with Crippen LogP contribution >= 0.6 is 0 Å². The highest BCUT2D eigenvalue weighted by Crippen LogP contribution is 2.32. The van der Waals surface area contributed by atoms with Gasteiger partial charge in [-0.15, -0.1) is 0 Å². The standard InChI is InChI=1S/C22H25N3O9S/c1-2-33-21(26)19-13-12-17(14-23(19)22(27)28)25(34-15-16-8-4-3-5-9-16)35(31,32)20-11-7-6-10-18(20)24(29)30/h3-11,17,19H,2,12-15H2,1H3,(H,27,28). The number of esters is 1. The summed E-state index contributed by atoms with van der Waals surface area (Å²) in [5.74, 6) is -0.730. The van der Waals surface area contributed by atoms with E-state index in [9.17, 15) is 33.2 Å². The average molecular weight is 508 g/mol. The van der Waals surface area contributed by atoms with Gasteiger partial charge < -0.3 is 9.84 Å². The van der Waals surface area contributed by atoms with Crippen LogP contribution < -0.4 is 0 Å².